The molecule has 0 aromatic heterocycles. The van der Waals surface area contributed by atoms with Gasteiger partial charge in [-0.25, -0.2) is 0 Å². The summed E-state index contributed by atoms with van der Waals surface area (Å²) in [6.07, 6.45) is -4.55. The highest BCUT2D eigenvalue weighted by Gasteiger charge is 2.35. The molecule has 0 heterocycles. The first-order chi connectivity index (χ1) is 7.27. The second-order valence-corrected chi connectivity index (χ2v) is 3.94. The minimum atomic E-state index is -4.55. The predicted octanol–water partition coefficient (Wildman–Crippen LogP) is 3.68. The van der Waals surface area contributed by atoms with Gasteiger partial charge in [-0.2, -0.15) is 13.2 Å². The molecule has 6 heteroatoms. The molecule has 2 nitrogen and oxygen atoms in total. The van der Waals surface area contributed by atoms with Gasteiger partial charge in [0, 0.05) is 10.0 Å². The molecular formula is C10H8BrF3O2. The maximum atomic E-state index is 12.6. The smallest absolute Gasteiger partial charge is 0.419 e. The summed E-state index contributed by atoms with van der Waals surface area (Å²) in [5.41, 5.74) is -0.975. The SMILES string of the molecule is COc1cc(Br)c(C(C)=O)cc1C(F)(F)F. The Balaban J connectivity index is 3.47. The Hall–Kier alpha value is -1.04. The Morgan fingerprint density at radius 3 is 2.31 bits per heavy atom. The molecule has 0 radical (unpaired) electrons. The normalized spacial score (nSPS) is 11.4. The van der Waals surface area contributed by atoms with Crippen LogP contribution in [0.3, 0.4) is 0 Å². The van der Waals surface area contributed by atoms with Crippen molar-refractivity contribution >= 4 is 21.7 Å². The fraction of sp³-hybridized carbons (Fsp3) is 0.300. The molecule has 0 saturated heterocycles. The number of carbonyl (C=O) groups is 1. The van der Waals surface area contributed by atoms with Gasteiger partial charge in [-0.1, -0.05) is 0 Å². The molecule has 0 atom stereocenters. The van der Waals surface area contributed by atoms with Crippen LogP contribution in [0.4, 0.5) is 13.2 Å². The Bertz CT molecular complexity index is 427. The van der Waals surface area contributed by atoms with E-state index in [1.807, 2.05) is 0 Å². The zero-order chi connectivity index (χ0) is 12.5. The van der Waals surface area contributed by atoms with Crippen LogP contribution in [0.2, 0.25) is 0 Å². The van der Waals surface area contributed by atoms with Gasteiger partial charge in [0.05, 0.1) is 12.7 Å². The van der Waals surface area contributed by atoms with Crippen LogP contribution in [0.5, 0.6) is 5.75 Å². The van der Waals surface area contributed by atoms with E-state index in [-0.39, 0.29) is 15.8 Å². The fourth-order valence-corrected chi connectivity index (χ4v) is 1.82. The summed E-state index contributed by atoms with van der Waals surface area (Å²) in [6, 6.07) is 1.92. The van der Waals surface area contributed by atoms with Crippen molar-refractivity contribution in [2.24, 2.45) is 0 Å². The zero-order valence-corrected chi connectivity index (χ0v) is 10.1. The third-order valence-corrected chi connectivity index (χ3v) is 2.63. The first-order valence-corrected chi connectivity index (χ1v) is 5.02. The van der Waals surface area contributed by atoms with E-state index >= 15 is 0 Å². The van der Waals surface area contributed by atoms with Crippen LogP contribution < -0.4 is 4.74 Å². The third kappa shape index (κ3) is 2.55. The summed E-state index contributed by atoms with van der Waals surface area (Å²) in [7, 11) is 1.14. The molecule has 0 amide bonds. The molecule has 1 rings (SSSR count). The second kappa shape index (κ2) is 4.45. The first-order valence-electron chi connectivity index (χ1n) is 4.23. The standard InChI is InChI=1S/C10H8BrF3O2/c1-5(15)6-3-7(10(12,13)14)9(16-2)4-8(6)11/h3-4H,1-2H3. The van der Waals surface area contributed by atoms with Crippen LogP contribution in [0.25, 0.3) is 0 Å². The van der Waals surface area contributed by atoms with Crippen molar-refractivity contribution in [3.8, 4) is 5.75 Å². The molecular weight excluding hydrogens is 289 g/mol. The number of ketones is 1. The molecule has 0 aliphatic carbocycles. The Morgan fingerprint density at radius 2 is 1.94 bits per heavy atom. The molecule has 0 fully saturated rings. The van der Waals surface area contributed by atoms with Crippen LogP contribution in [-0.2, 0) is 6.18 Å². The van der Waals surface area contributed by atoms with E-state index in [0.717, 1.165) is 19.2 Å². The first kappa shape index (κ1) is 13.0. The third-order valence-electron chi connectivity index (χ3n) is 1.97. The van der Waals surface area contributed by atoms with Crippen molar-refractivity contribution in [1.82, 2.24) is 0 Å². The quantitative estimate of drug-likeness (QED) is 0.778. The number of Topliss-reactive ketones (excluding diaryl/α,β-unsaturated/α-hetero) is 1. The summed E-state index contributed by atoms with van der Waals surface area (Å²) in [4.78, 5) is 11.1. The van der Waals surface area contributed by atoms with Gasteiger partial charge in [0.15, 0.2) is 5.78 Å². The van der Waals surface area contributed by atoms with Crippen molar-refractivity contribution < 1.29 is 22.7 Å². The number of halogens is 4. The maximum absolute atomic E-state index is 12.6. The summed E-state index contributed by atoms with van der Waals surface area (Å²) in [5, 5.41) is 0. The van der Waals surface area contributed by atoms with Crippen LogP contribution in [0.15, 0.2) is 16.6 Å². The molecule has 0 aliphatic heterocycles. The lowest BCUT2D eigenvalue weighted by Crippen LogP contribution is -2.09. The van der Waals surface area contributed by atoms with Crippen LogP contribution in [0.1, 0.15) is 22.8 Å². The molecule has 0 bridgehead atoms. The van der Waals surface area contributed by atoms with Crippen LogP contribution in [-0.4, -0.2) is 12.9 Å². The van der Waals surface area contributed by atoms with E-state index in [1.165, 1.54) is 6.92 Å². The lowest BCUT2D eigenvalue weighted by atomic mass is 10.1. The Labute approximate surface area is 98.5 Å². The van der Waals surface area contributed by atoms with E-state index in [2.05, 4.69) is 20.7 Å². The van der Waals surface area contributed by atoms with Crippen molar-refractivity contribution in [3.05, 3.63) is 27.7 Å². The van der Waals surface area contributed by atoms with Crippen molar-refractivity contribution in [2.75, 3.05) is 7.11 Å². The van der Waals surface area contributed by atoms with E-state index in [4.69, 9.17) is 0 Å². The maximum Gasteiger partial charge on any atom is 0.419 e. The monoisotopic (exact) mass is 296 g/mol. The van der Waals surface area contributed by atoms with Gasteiger partial charge >= 0.3 is 6.18 Å². The second-order valence-electron chi connectivity index (χ2n) is 3.09. The Morgan fingerprint density at radius 1 is 1.38 bits per heavy atom. The Kier molecular flexibility index (Phi) is 3.62. The molecule has 0 N–H and O–H groups in total. The van der Waals surface area contributed by atoms with Gasteiger partial charge in [-0.15, -0.1) is 0 Å². The highest BCUT2D eigenvalue weighted by molar-refractivity contribution is 9.10. The molecule has 0 saturated carbocycles. The lowest BCUT2D eigenvalue weighted by Gasteiger charge is -2.13. The lowest BCUT2D eigenvalue weighted by molar-refractivity contribution is -0.138. The average Bonchev–Trinajstić information content (AvgIpc) is 2.14. The predicted molar refractivity (Wildman–Crippen MR) is 55.7 cm³/mol. The molecule has 1 aromatic rings. The van der Waals surface area contributed by atoms with Crippen molar-refractivity contribution in [3.63, 3.8) is 0 Å². The van der Waals surface area contributed by atoms with Crippen molar-refractivity contribution in [2.45, 2.75) is 13.1 Å². The van der Waals surface area contributed by atoms with E-state index in [1.54, 1.807) is 0 Å². The number of methoxy groups -OCH3 is 1. The number of rotatable bonds is 2. The molecule has 1 aromatic carbocycles. The van der Waals surface area contributed by atoms with Gasteiger partial charge < -0.3 is 4.74 Å². The van der Waals surface area contributed by atoms with Gasteiger partial charge in [0.1, 0.15) is 5.75 Å². The average molecular weight is 297 g/mol. The molecule has 88 valence electrons. The largest absolute Gasteiger partial charge is 0.496 e. The minimum Gasteiger partial charge on any atom is -0.496 e. The van der Waals surface area contributed by atoms with E-state index < -0.39 is 17.5 Å². The number of carbonyl (C=O) groups excluding carboxylic acids is 1. The van der Waals surface area contributed by atoms with Crippen molar-refractivity contribution in [1.29, 1.82) is 0 Å². The topological polar surface area (TPSA) is 26.3 Å². The zero-order valence-electron chi connectivity index (χ0n) is 8.48. The summed E-state index contributed by atoms with van der Waals surface area (Å²) in [6.45, 7) is 1.20. The molecule has 0 unspecified atom stereocenters. The molecule has 16 heavy (non-hydrogen) atoms. The van der Waals surface area contributed by atoms with Gasteiger partial charge in [-0.3, -0.25) is 4.79 Å². The number of hydrogen-bond acceptors (Lipinski definition) is 2. The van der Waals surface area contributed by atoms with Gasteiger partial charge in [0.2, 0.25) is 0 Å². The minimum absolute atomic E-state index is 0.0203. The van der Waals surface area contributed by atoms with Gasteiger partial charge in [-0.05, 0) is 35.0 Å². The number of hydrogen-bond donors (Lipinski definition) is 0. The molecule has 0 spiro atoms. The number of ether oxygens (including phenoxy) is 1. The highest BCUT2D eigenvalue weighted by Crippen LogP contribution is 2.39. The fourth-order valence-electron chi connectivity index (χ4n) is 1.22. The summed E-state index contributed by atoms with van der Waals surface area (Å²) >= 11 is 3.02. The van der Waals surface area contributed by atoms with E-state index in [0.29, 0.717) is 0 Å². The van der Waals surface area contributed by atoms with E-state index in [9.17, 15) is 18.0 Å². The van der Waals surface area contributed by atoms with Crippen LogP contribution in [0, 0.1) is 0 Å². The molecule has 0 aliphatic rings. The highest BCUT2D eigenvalue weighted by atomic mass is 79.9. The van der Waals surface area contributed by atoms with Gasteiger partial charge in [0.25, 0.3) is 0 Å². The number of alkyl halides is 3. The number of benzene rings is 1. The summed E-state index contributed by atoms with van der Waals surface area (Å²) in [5.74, 6) is -0.760. The summed E-state index contributed by atoms with van der Waals surface area (Å²) < 4.78 is 42.7. The van der Waals surface area contributed by atoms with Crippen LogP contribution >= 0.6 is 15.9 Å².